The van der Waals surface area contributed by atoms with Gasteiger partial charge in [-0.1, -0.05) is 4.89 Å². The second kappa shape index (κ2) is 5.23. The fraction of sp³-hybridized carbons (Fsp3) is 0.286. The Morgan fingerprint density at radius 2 is 2.31 bits per heavy atom. The Morgan fingerprint density at radius 1 is 1.69 bits per heavy atom. The molecule has 1 aromatic heterocycles. The van der Waals surface area contributed by atoms with E-state index in [-0.39, 0.29) is 4.90 Å². The van der Waals surface area contributed by atoms with Crippen molar-refractivity contribution in [2.45, 2.75) is 11.8 Å². The lowest BCUT2D eigenvalue weighted by Crippen LogP contribution is -2.29. The van der Waals surface area contributed by atoms with Crippen LogP contribution in [0.15, 0.2) is 14.7 Å². The molecule has 0 radical (unpaired) electrons. The molecule has 1 amide bonds. The molecule has 0 aliphatic carbocycles. The summed E-state index contributed by atoms with van der Waals surface area (Å²) < 4.78 is 24.0. The van der Waals surface area contributed by atoms with Crippen molar-refractivity contribution in [2.24, 2.45) is 5.73 Å². The normalized spacial score (nSPS) is 11.6. The molecule has 9 heteroatoms. The number of amides is 1. The topological polar surface area (TPSA) is 98.5 Å². The minimum absolute atomic E-state index is 0.105. The highest BCUT2D eigenvalue weighted by Crippen LogP contribution is 2.29. The van der Waals surface area contributed by atoms with E-state index in [9.17, 15) is 13.2 Å². The molecule has 0 aliphatic rings. The third kappa shape index (κ3) is 3.52. The molecule has 1 aromatic rings. The first-order chi connectivity index (χ1) is 7.33. The molecule has 1 heterocycles. The fourth-order valence-corrected chi connectivity index (χ4v) is 4.14. The van der Waals surface area contributed by atoms with Gasteiger partial charge in [-0.3, -0.25) is 9.63 Å². The zero-order valence-corrected chi connectivity index (χ0v) is 11.4. The summed E-state index contributed by atoms with van der Waals surface area (Å²) in [5.74, 6) is -0.758. The van der Waals surface area contributed by atoms with Crippen LogP contribution < -0.4 is 10.6 Å². The molecule has 6 nitrogen and oxygen atoms in total. The molecular weight excluding hydrogens is 320 g/mol. The van der Waals surface area contributed by atoms with Crippen LogP contribution in [-0.2, 0) is 19.7 Å². The highest BCUT2D eigenvalue weighted by Gasteiger charge is 2.19. The number of aryl methyl sites for hydroxylation is 1. The molecule has 0 bridgehead atoms. The van der Waals surface area contributed by atoms with Crippen LogP contribution in [-0.4, -0.2) is 20.9 Å². The number of thiophene rings is 1. The maximum Gasteiger partial charge on any atom is 0.263 e. The van der Waals surface area contributed by atoms with Gasteiger partial charge < -0.3 is 5.73 Å². The second-order valence-corrected chi connectivity index (χ2v) is 7.06. The molecule has 0 aliphatic heterocycles. The van der Waals surface area contributed by atoms with Crippen LogP contribution in [0.3, 0.4) is 0 Å². The maximum absolute atomic E-state index is 11.6. The number of carbonyl (C=O) groups is 1. The number of nitrogens with two attached hydrogens (primary N) is 1. The van der Waals surface area contributed by atoms with Crippen LogP contribution >= 0.6 is 27.3 Å². The average Bonchev–Trinajstić information content (AvgIpc) is 2.44. The highest BCUT2D eigenvalue weighted by molar-refractivity contribution is 9.11. The van der Waals surface area contributed by atoms with Crippen LogP contribution in [0.1, 0.15) is 4.88 Å². The monoisotopic (exact) mass is 328 g/mol. The minimum Gasteiger partial charge on any atom is -0.368 e. The number of rotatable bonds is 5. The van der Waals surface area contributed by atoms with Gasteiger partial charge in [0.2, 0.25) is 5.91 Å². The minimum atomic E-state index is -3.77. The third-order valence-corrected chi connectivity index (χ3v) is 4.54. The average molecular weight is 329 g/mol. The van der Waals surface area contributed by atoms with Gasteiger partial charge in [-0.15, -0.1) is 11.3 Å². The first-order valence-corrected chi connectivity index (χ1v) is 7.10. The molecule has 90 valence electrons. The molecular formula is C7H9BrN2O4S2. The Kier molecular flexibility index (Phi) is 4.44. The molecule has 0 aromatic carbocycles. The standard InChI is InChI=1S/C7H9BrN2O4S2/c1-4-5(2-6(8)15-4)16(12,13)10-14-3-7(9)11/h2,10H,3H2,1H3,(H2,9,11). The van der Waals surface area contributed by atoms with Gasteiger partial charge in [0, 0.05) is 4.88 Å². The SMILES string of the molecule is Cc1sc(Br)cc1S(=O)(=O)NOCC(N)=O. The quantitative estimate of drug-likeness (QED) is 0.769. The summed E-state index contributed by atoms with van der Waals surface area (Å²) in [4.78, 5) is 17.3. The molecule has 0 unspecified atom stereocenters. The van der Waals surface area contributed by atoms with E-state index in [0.29, 0.717) is 8.66 Å². The predicted octanol–water partition coefficient (Wildman–Crippen LogP) is 0.514. The van der Waals surface area contributed by atoms with Gasteiger partial charge in [0.05, 0.1) is 8.68 Å². The zero-order valence-electron chi connectivity index (χ0n) is 8.19. The van der Waals surface area contributed by atoms with Crippen molar-refractivity contribution in [2.75, 3.05) is 6.61 Å². The molecule has 0 saturated carbocycles. The summed E-state index contributed by atoms with van der Waals surface area (Å²) in [5.41, 5.74) is 4.79. The Bertz CT molecular complexity index is 496. The highest BCUT2D eigenvalue weighted by atomic mass is 79.9. The summed E-state index contributed by atoms with van der Waals surface area (Å²) >= 11 is 4.46. The van der Waals surface area contributed by atoms with Crippen LogP contribution in [0.5, 0.6) is 0 Å². The van der Waals surface area contributed by atoms with E-state index in [0.717, 1.165) is 0 Å². The van der Waals surface area contributed by atoms with E-state index < -0.39 is 22.5 Å². The van der Waals surface area contributed by atoms with E-state index in [1.54, 1.807) is 6.92 Å². The van der Waals surface area contributed by atoms with Gasteiger partial charge in [-0.25, -0.2) is 8.42 Å². The molecule has 16 heavy (non-hydrogen) atoms. The maximum atomic E-state index is 11.6. The van der Waals surface area contributed by atoms with Crippen LogP contribution in [0.2, 0.25) is 0 Å². The van der Waals surface area contributed by atoms with Crippen LogP contribution in [0.4, 0.5) is 0 Å². The summed E-state index contributed by atoms with van der Waals surface area (Å²) in [6, 6.07) is 1.45. The lowest BCUT2D eigenvalue weighted by Gasteiger charge is -2.04. The smallest absolute Gasteiger partial charge is 0.263 e. The summed E-state index contributed by atoms with van der Waals surface area (Å²) in [5, 5.41) is 0. The first kappa shape index (κ1) is 13.6. The van der Waals surface area contributed by atoms with Crippen LogP contribution in [0, 0.1) is 6.92 Å². The van der Waals surface area contributed by atoms with E-state index in [1.165, 1.54) is 17.4 Å². The Labute approximate surface area is 105 Å². The van der Waals surface area contributed by atoms with Crippen LogP contribution in [0.25, 0.3) is 0 Å². The summed E-state index contributed by atoms with van der Waals surface area (Å²) in [7, 11) is -3.77. The van der Waals surface area contributed by atoms with Gasteiger partial charge in [0.25, 0.3) is 10.0 Å². The van der Waals surface area contributed by atoms with Crippen molar-refractivity contribution in [1.29, 1.82) is 0 Å². The van der Waals surface area contributed by atoms with Gasteiger partial charge in [0.1, 0.15) is 6.61 Å². The number of hydrogen-bond acceptors (Lipinski definition) is 5. The number of sulfonamides is 1. The van der Waals surface area contributed by atoms with Gasteiger partial charge in [-0.05, 0) is 28.9 Å². The lowest BCUT2D eigenvalue weighted by molar-refractivity contribution is -0.123. The van der Waals surface area contributed by atoms with Crippen molar-refractivity contribution < 1.29 is 18.0 Å². The van der Waals surface area contributed by atoms with Gasteiger partial charge in [0.15, 0.2) is 0 Å². The van der Waals surface area contributed by atoms with Gasteiger partial charge in [-0.2, -0.15) is 0 Å². The summed E-state index contributed by atoms with van der Waals surface area (Å²) in [6.45, 7) is 1.15. The number of carbonyl (C=O) groups excluding carboxylic acids is 1. The van der Waals surface area contributed by atoms with E-state index in [4.69, 9.17) is 5.73 Å². The largest absolute Gasteiger partial charge is 0.368 e. The molecule has 0 spiro atoms. The number of halogens is 1. The third-order valence-electron chi connectivity index (χ3n) is 1.51. The molecule has 3 N–H and O–H groups in total. The Balaban J connectivity index is 2.78. The van der Waals surface area contributed by atoms with E-state index in [2.05, 4.69) is 20.8 Å². The molecule has 0 fully saturated rings. The molecule has 0 atom stereocenters. The van der Waals surface area contributed by atoms with E-state index in [1.807, 2.05) is 4.89 Å². The zero-order chi connectivity index (χ0) is 12.3. The van der Waals surface area contributed by atoms with Crippen molar-refractivity contribution in [3.05, 3.63) is 14.7 Å². The number of hydrogen-bond donors (Lipinski definition) is 2. The lowest BCUT2D eigenvalue weighted by atomic mass is 10.5. The number of primary amides is 1. The second-order valence-electron chi connectivity index (χ2n) is 2.81. The van der Waals surface area contributed by atoms with Crippen molar-refractivity contribution in [3.8, 4) is 0 Å². The van der Waals surface area contributed by atoms with E-state index >= 15 is 0 Å². The Hall–Kier alpha value is -0.480. The van der Waals surface area contributed by atoms with Crippen molar-refractivity contribution in [1.82, 2.24) is 4.89 Å². The summed E-state index contributed by atoms with van der Waals surface area (Å²) in [6.07, 6.45) is 0. The van der Waals surface area contributed by atoms with Gasteiger partial charge >= 0.3 is 0 Å². The molecule has 1 rings (SSSR count). The van der Waals surface area contributed by atoms with Crippen molar-refractivity contribution in [3.63, 3.8) is 0 Å². The number of nitrogens with one attached hydrogen (secondary N) is 1. The molecule has 0 saturated heterocycles. The predicted molar refractivity (Wildman–Crippen MR) is 62.2 cm³/mol. The first-order valence-electron chi connectivity index (χ1n) is 4.01. The Morgan fingerprint density at radius 3 is 2.75 bits per heavy atom. The van der Waals surface area contributed by atoms with Crippen molar-refractivity contribution >= 4 is 43.2 Å². The fourth-order valence-electron chi connectivity index (χ4n) is 0.921.